The molecule has 0 bridgehead atoms. The molecule has 0 aliphatic rings. The maximum Gasteiger partial charge on any atom is 0.168 e. The number of hydrogen-bond acceptors (Lipinski definition) is 5. The molecule has 0 aliphatic carbocycles. The van der Waals surface area contributed by atoms with Crippen molar-refractivity contribution in [2.24, 2.45) is 0 Å². The van der Waals surface area contributed by atoms with Crippen LogP contribution in [0.25, 0.3) is 0 Å². The van der Waals surface area contributed by atoms with Crippen LogP contribution < -0.4 is 11.1 Å². The van der Waals surface area contributed by atoms with Gasteiger partial charge in [0.15, 0.2) is 11.6 Å². The molecule has 2 heterocycles. The fourth-order valence-corrected chi connectivity index (χ4v) is 1.82. The monoisotopic (exact) mass is 246 g/mol. The molecule has 0 saturated heterocycles. The minimum Gasteiger partial charge on any atom is -0.381 e. The van der Waals surface area contributed by atoms with Crippen molar-refractivity contribution in [3.05, 3.63) is 29.8 Å². The number of nitrogens with one attached hydrogen (secondary N) is 1. The van der Waals surface area contributed by atoms with Gasteiger partial charge in [0.1, 0.15) is 0 Å². The van der Waals surface area contributed by atoms with Crippen LogP contribution in [0.3, 0.4) is 0 Å². The zero-order valence-corrected chi connectivity index (χ0v) is 10.7. The van der Waals surface area contributed by atoms with E-state index in [1.165, 1.54) is 5.69 Å². The number of aryl methyl sites for hydroxylation is 3. The molecule has 3 N–H and O–H groups in total. The summed E-state index contributed by atoms with van der Waals surface area (Å²) in [5, 5.41) is 7.58. The van der Waals surface area contributed by atoms with Gasteiger partial charge >= 0.3 is 0 Å². The Bertz CT molecular complexity index is 519. The molecule has 0 atom stereocenters. The predicted molar refractivity (Wildman–Crippen MR) is 71.3 cm³/mol. The third-order valence-corrected chi connectivity index (χ3v) is 2.67. The molecule has 6 nitrogen and oxygen atoms in total. The number of nitrogens with zero attached hydrogens (tertiary/aromatic N) is 4. The van der Waals surface area contributed by atoms with Crippen molar-refractivity contribution >= 4 is 11.6 Å². The summed E-state index contributed by atoms with van der Waals surface area (Å²) in [5.74, 6) is 1.08. The number of aromatic nitrogens is 4. The fraction of sp³-hybridized carbons (Fsp3) is 0.417. The third kappa shape index (κ3) is 2.97. The zero-order valence-electron chi connectivity index (χ0n) is 10.7. The van der Waals surface area contributed by atoms with Gasteiger partial charge in [-0.1, -0.05) is 0 Å². The van der Waals surface area contributed by atoms with Crippen LogP contribution in [-0.2, 0) is 6.54 Å². The van der Waals surface area contributed by atoms with Crippen LogP contribution in [0.1, 0.15) is 17.8 Å². The molecular formula is C12H18N6. The number of hydrogen-bond donors (Lipinski definition) is 2. The molecular weight excluding hydrogens is 228 g/mol. The summed E-state index contributed by atoms with van der Waals surface area (Å²) in [6, 6.07) is 2.08. The van der Waals surface area contributed by atoms with E-state index >= 15 is 0 Å². The highest BCUT2D eigenvalue weighted by Gasteiger charge is 2.02. The van der Waals surface area contributed by atoms with Gasteiger partial charge in [0.2, 0.25) is 0 Å². The maximum absolute atomic E-state index is 5.69. The van der Waals surface area contributed by atoms with E-state index in [9.17, 15) is 0 Å². The van der Waals surface area contributed by atoms with Crippen LogP contribution in [0.15, 0.2) is 18.5 Å². The van der Waals surface area contributed by atoms with Gasteiger partial charge in [-0.3, -0.25) is 4.68 Å². The molecule has 96 valence electrons. The van der Waals surface area contributed by atoms with Crippen LogP contribution in [0.2, 0.25) is 0 Å². The molecule has 18 heavy (non-hydrogen) atoms. The first-order chi connectivity index (χ1) is 8.66. The van der Waals surface area contributed by atoms with E-state index in [2.05, 4.69) is 33.4 Å². The van der Waals surface area contributed by atoms with Gasteiger partial charge in [0.05, 0.1) is 5.69 Å². The highest BCUT2D eigenvalue weighted by molar-refractivity contribution is 5.54. The number of nitrogen functional groups attached to an aromatic ring is 1. The third-order valence-electron chi connectivity index (χ3n) is 2.67. The minimum absolute atomic E-state index is 0.434. The first kappa shape index (κ1) is 12.3. The topological polar surface area (TPSA) is 81.7 Å². The molecule has 2 rings (SSSR count). The lowest BCUT2D eigenvalue weighted by Crippen LogP contribution is -2.11. The predicted octanol–water partition coefficient (Wildman–Crippen LogP) is 1.37. The van der Waals surface area contributed by atoms with Crippen molar-refractivity contribution in [3.63, 3.8) is 0 Å². The summed E-state index contributed by atoms with van der Waals surface area (Å²) >= 11 is 0. The number of rotatable bonds is 5. The Morgan fingerprint density at radius 1 is 1.28 bits per heavy atom. The van der Waals surface area contributed by atoms with Crippen molar-refractivity contribution in [3.8, 4) is 0 Å². The second-order valence-corrected chi connectivity index (χ2v) is 4.22. The van der Waals surface area contributed by atoms with E-state index in [-0.39, 0.29) is 0 Å². The van der Waals surface area contributed by atoms with Gasteiger partial charge in [-0.2, -0.15) is 5.10 Å². The van der Waals surface area contributed by atoms with Gasteiger partial charge in [0.25, 0.3) is 0 Å². The Morgan fingerprint density at radius 2 is 2.06 bits per heavy atom. The van der Waals surface area contributed by atoms with Crippen LogP contribution in [0, 0.1) is 13.8 Å². The first-order valence-corrected chi connectivity index (χ1v) is 5.98. The smallest absolute Gasteiger partial charge is 0.168 e. The van der Waals surface area contributed by atoms with E-state index in [0.717, 1.165) is 25.2 Å². The van der Waals surface area contributed by atoms with Crippen molar-refractivity contribution in [2.45, 2.75) is 26.8 Å². The van der Waals surface area contributed by atoms with Gasteiger partial charge in [0, 0.05) is 31.2 Å². The van der Waals surface area contributed by atoms with Gasteiger partial charge in [-0.25, -0.2) is 9.97 Å². The van der Waals surface area contributed by atoms with Gasteiger partial charge in [-0.05, 0) is 26.3 Å². The lowest BCUT2D eigenvalue weighted by atomic mass is 10.4. The Morgan fingerprint density at radius 3 is 2.72 bits per heavy atom. The second-order valence-electron chi connectivity index (χ2n) is 4.22. The largest absolute Gasteiger partial charge is 0.381 e. The summed E-state index contributed by atoms with van der Waals surface area (Å²) in [6.07, 6.45) is 4.16. The Balaban J connectivity index is 1.80. The average molecular weight is 246 g/mol. The van der Waals surface area contributed by atoms with Crippen LogP contribution in [-0.4, -0.2) is 26.3 Å². The normalized spacial score (nSPS) is 10.6. The molecule has 2 aromatic heterocycles. The molecule has 6 heteroatoms. The molecule has 0 aliphatic heterocycles. The summed E-state index contributed by atoms with van der Waals surface area (Å²) in [4.78, 5) is 8.09. The molecule has 0 unspecified atom stereocenters. The molecule has 0 aromatic carbocycles. The number of anilines is 2. The van der Waals surface area contributed by atoms with Crippen molar-refractivity contribution < 1.29 is 0 Å². The maximum atomic E-state index is 5.69. The van der Waals surface area contributed by atoms with Crippen LogP contribution in [0.4, 0.5) is 11.6 Å². The standard InChI is InChI=1S/C12H18N6/c1-9-8-10(2)18(17-9)7-3-4-15-12-11(13)14-5-6-16-12/h5-6,8H,3-4,7H2,1-2H3,(H2,13,14)(H,15,16). The SMILES string of the molecule is Cc1cc(C)n(CCCNc2nccnc2N)n1. The molecule has 0 radical (unpaired) electrons. The fourth-order valence-electron chi connectivity index (χ4n) is 1.82. The highest BCUT2D eigenvalue weighted by Crippen LogP contribution is 2.09. The molecule has 0 saturated carbocycles. The van der Waals surface area contributed by atoms with Crippen LogP contribution in [0.5, 0.6) is 0 Å². The van der Waals surface area contributed by atoms with E-state index in [1.807, 2.05) is 11.6 Å². The van der Waals surface area contributed by atoms with Crippen molar-refractivity contribution in [2.75, 3.05) is 17.6 Å². The van der Waals surface area contributed by atoms with Crippen molar-refractivity contribution in [1.82, 2.24) is 19.7 Å². The number of nitrogens with two attached hydrogens (primary N) is 1. The van der Waals surface area contributed by atoms with Crippen molar-refractivity contribution in [1.29, 1.82) is 0 Å². The molecule has 0 amide bonds. The Kier molecular flexibility index (Phi) is 3.76. The molecule has 0 fully saturated rings. The van der Waals surface area contributed by atoms with E-state index in [0.29, 0.717) is 11.6 Å². The summed E-state index contributed by atoms with van der Waals surface area (Å²) in [7, 11) is 0. The summed E-state index contributed by atoms with van der Waals surface area (Å²) in [6.45, 7) is 5.74. The van der Waals surface area contributed by atoms with Gasteiger partial charge in [-0.15, -0.1) is 0 Å². The molecule has 2 aromatic rings. The van der Waals surface area contributed by atoms with E-state index in [4.69, 9.17) is 5.73 Å². The average Bonchev–Trinajstić information content (AvgIpc) is 2.65. The lowest BCUT2D eigenvalue weighted by Gasteiger charge is -2.07. The minimum atomic E-state index is 0.434. The Hall–Kier alpha value is -2.11. The van der Waals surface area contributed by atoms with E-state index in [1.54, 1.807) is 12.4 Å². The lowest BCUT2D eigenvalue weighted by molar-refractivity contribution is 0.573. The molecule has 0 spiro atoms. The summed E-state index contributed by atoms with van der Waals surface area (Å²) < 4.78 is 2.01. The highest BCUT2D eigenvalue weighted by atomic mass is 15.3. The van der Waals surface area contributed by atoms with Crippen LogP contribution >= 0.6 is 0 Å². The van der Waals surface area contributed by atoms with Gasteiger partial charge < -0.3 is 11.1 Å². The second kappa shape index (κ2) is 5.48. The Labute approximate surface area is 106 Å². The van der Waals surface area contributed by atoms with E-state index < -0.39 is 0 Å². The quantitative estimate of drug-likeness (QED) is 0.779. The summed E-state index contributed by atoms with van der Waals surface area (Å²) in [5.41, 5.74) is 7.93. The first-order valence-electron chi connectivity index (χ1n) is 5.98. The zero-order chi connectivity index (χ0) is 13.0.